The van der Waals surface area contributed by atoms with E-state index in [1.165, 1.54) is 16.7 Å². The van der Waals surface area contributed by atoms with Gasteiger partial charge in [0.2, 0.25) is 0 Å². The summed E-state index contributed by atoms with van der Waals surface area (Å²) in [5.41, 5.74) is 3.78. The van der Waals surface area contributed by atoms with Crippen molar-refractivity contribution in [2.24, 2.45) is 0 Å². The third kappa shape index (κ3) is 2.00. The van der Waals surface area contributed by atoms with Crippen molar-refractivity contribution in [2.75, 3.05) is 13.2 Å². The van der Waals surface area contributed by atoms with Crippen molar-refractivity contribution < 1.29 is 4.74 Å². The van der Waals surface area contributed by atoms with Gasteiger partial charge in [-0.15, -0.1) is 0 Å². The minimum atomic E-state index is 0.327. The van der Waals surface area contributed by atoms with E-state index in [-0.39, 0.29) is 0 Å². The molecule has 0 bridgehead atoms. The first-order valence-corrected chi connectivity index (χ1v) is 6.44. The molecule has 0 saturated carbocycles. The molecular weight excluding hydrogens is 222 g/mol. The van der Waals surface area contributed by atoms with Crippen LogP contribution in [0.2, 0.25) is 0 Å². The van der Waals surface area contributed by atoms with Gasteiger partial charge in [-0.3, -0.25) is 0 Å². The number of hydrogen-bond acceptors (Lipinski definition) is 2. The molecule has 2 aromatic carbocycles. The SMILES string of the molecule is CCNC1COc2ccc(-c3ccccc3)cc21. The van der Waals surface area contributed by atoms with Gasteiger partial charge in [0.15, 0.2) is 0 Å². The quantitative estimate of drug-likeness (QED) is 0.886. The van der Waals surface area contributed by atoms with Crippen LogP contribution >= 0.6 is 0 Å². The molecule has 0 saturated heterocycles. The Balaban J connectivity index is 1.98. The summed E-state index contributed by atoms with van der Waals surface area (Å²) in [5, 5.41) is 3.45. The molecule has 2 nitrogen and oxygen atoms in total. The van der Waals surface area contributed by atoms with Crippen molar-refractivity contribution in [1.82, 2.24) is 5.32 Å². The van der Waals surface area contributed by atoms with Gasteiger partial charge >= 0.3 is 0 Å². The van der Waals surface area contributed by atoms with Crippen LogP contribution in [0.25, 0.3) is 11.1 Å². The predicted octanol–water partition coefficient (Wildman–Crippen LogP) is 3.40. The molecule has 0 aromatic heterocycles. The molecule has 2 aromatic rings. The molecule has 0 aliphatic carbocycles. The van der Waals surface area contributed by atoms with E-state index in [1.807, 2.05) is 6.07 Å². The van der Waals surface area contributed by atoms with Crippen molar-refractivity contribution in [1.29, 1.82) is 0 Å². The summed E-state index contributed by atoms with van der Waals surface area (Å²) in [5.74, 6) is 1.01. The van der Waals surface area contributed by atoms with Gasteiger partial charge in [-0.05, 0) is 29.8 Å². The van der Waals surface area contributed by atoms with Crippen molar-refractivity contribution in [3.05, 3.63) is 54.1 Å². The van der Waals surface area contributed by atoms with Crippen LogP contribution in [-0.4, -0.2) is 13.2 Å². The predicted molar refractivity (Wildman–Crippen MR) is 73.8 cm³/mol. The average Bonchev–Trinajstić information content (AvgIpc) is 2.83. The molecule has 92 valence electrons. The highest BCUT2D eigenvalue weighted by molar-refractivity contribution is 5.66. The van der Waals surface area contributed by atoms with Gasteiger partial charge in [0, 0.05) is 5.56 Å². The average molecular weight is 239 g/mol. The van der Waals surface area contributed by atoms with E-state index >= 15 is 0 Å². The standard InChI is InChI=1S/C16H17NO/c1-2-17-15-11-18-16-9-8-13(10-14(15)16)12-6-4-3-5-7-12/h3-10,15,17H,2,11H2,1H3. The maximum atomic E-state index is 5.69. The van der Waals surface area contributed by atoms with Crippen LogP contribution in [0.3, 0.4) is 0 Å². The summed E-state index contributed by atoms with van der Waals surface area (Å²) < 4.78 is 5.69. The van der Waals surface area contributed by atoms with E-state index in [4.69, 9.17) is 4.74 Å². The van der Waals surface area contributed by atoms with Crippen LogP contribution in [0, 0.1) is 0 Å². The second-order valence-corrected chi connectivity index (χ2v) is 4.54. The van der Waals surface area contributed by atoms with Gasteiger partial charge in [0.1, 0.15) is 12.4 Å². The minimum Gasteiger partial charge on any atom is -0.491 e. The number of ether oxygens (including phenoxy) is 1. The normalized spacial score (nSPS) is 17.3. The maximum Gasteiger partial charge on any atom is 0.124 e. The first-order chi connectivity index (χ1) is 8.88. The summed E-state index contributed by atoms with van der Waals surface area (Å²) in [6.45, 7) is 3.82. The Bertz CT molecular complexity index is 534. The van der Waals surface area contributed by atoms with Gasteiger partial charge in [-0.1, -0.05) is 43.3 Å². The van der Waals surface area contributed by atoms with Crippen molar-refractivity contribution in [3.63, 3.8) is 0 Å². The Morgan fingerprint density at radius 1 is 1.11 bits per heavy atom. The Labute approximate surface area is 108 Å². The first-order valence-electron chi connectivity index (χ1n) is 6.44. The number of fused-ring (bicyclic) bond motifs is 1. The van der Waals surface area contributed by atoms with E-state index in [0.717, 1.165) is 18.9 Å². The zero-order valence-corrected chi connectivity index (χ0v) is 10.5. The Hall–Kier alpha value is -1.80. The van der Waals surface area contributed by atoms with Crippen LogP contribution in [0.5, 0.6) is 5.75 Å². The zero-order chi connectivity index (χ0) is 12.4. The number of benzene rings is 2. The lowest BCUT2D eigenvalue weighted by molar-refractivity contribution is 0.313. The van der Waals surface area contributed by atoms with Gasteiger partial charge in [0.05, 0.1) is 6.04 Å². The highest BCUT2D eigenvalue weighted by Crippen LogP contribution is 2.35. The van der Waals surface area contributed by atoms with Crippen LogP contribution in [0.15, 0.2) is 48.5 Å². The molecule has 1 atom stereocenters. The van der Waals surface area contributed by atoms with Gasteiger partial charge in [0.25, 0.3) is 0 Å². The lowest BCUT2D eigenvalue weighted by atomic mass is 10.00. The zero-order valence-electron chi connectivity index (χ0n) is 10.5. The van der Waals surface area contributed by atoms with Crippen LogP contribution in [0.4, 0.5) is 0 Å². The van der Waals surface area contributed by atoms with Gasteiger partial charge in [-0.2, -0.15) is 0 Å². The molecule has 18 heavy (non-hydrogen) atoms. The minimum absolute atomic E-state index is 0.327. The molecular formula is C16H17NO. The Morgan fingerprint density at radius 3 is 2.72 bits per heavy atom. The third-order valence-electron chi connectivity index (χ3n) is 3.35. The molecule has 1 heterocycles. The van der Waals surface area contributed by atoms with Crippen molar-refractivity contribution in [2.45, 2.75) is 13.0 Å². The molecule has 0 radical (unpaired) electrons. The fourth-order valence-corrected chi connectivity index (χ4v) is 2.44. The maximum absolute atomic E-state index is 5.69. The van der Waals surface area contributed by atoms with E-state index in [2.05, 4.69) is 54.7 Å². The molecule has 0 spiro atoms. The summed E-state index contributed by atoms with van der Waals surface area (Å²) in [7, 11) is 0. The van der Waals surface area contributed by atoms with E-state index in [0.29, 0.717) is 6.04 Å². The summed E-state index contributed by atoms with van der Waals surface area (Å²) >= 11 is 0. The first kappa shape index (κ1) is 11.3. The summed E-state index contributed by atoms with van der Waals surface area (Å²) in [6.07, 6.45) is 0. The Morgan fingerprint density at radius 2 is 1.94 bits per heavy atom. The molecule has 1 N–H and O–H groups in total. The highest BCUT2D eigenvalue weighted by atomic mass is 16.5. The number of likely N-dealkylation sites (N-methyl/N-ethyl adjacent to an activating group) is 1. The van der Waals surface area contributed by atoms with Crippen LogP contribution in [-0.2, 0) is 0 Å². The smallest absolute Gasteiger partial charge is 0.124 e. The number of nitrogens with one attached hydrogen (secondary N) is 1. The van der Waals surface area contributed by atoms with E-state index in [1.54, 1.807) is 0 Å². The fourth-order valence-electron chi connectivity index (χ4n) is 2.44. The lowest BCUT2D eigenvalue weighted by Crippen LogP contribution is -2.21. The molecule has 1 unspecified atom stereocenters. The van der Waals surface area contributed by atoms with Crippen molar-refractivity contribution >= 4 is 0 Å². The molecule has 1 aliphatic rings. The second kappa shape index (κ2) is 4.83. The third-order valence-corrected chi connectivity index (χ3v) is 3.35. The number of hydrogen-bond donors (Lipinski definition) is 1. The fraction of sp³-hybridized carbons (Fsp3) is 0.250. The molecule has 1 aliphatic heterocycles. The molecule has 0 fully saturated rings. The molecule has 3 rings (SSSR count). The van der Waals surface area contributed by atoms with Gasteiger partial charge in [-0.25, -0.2) is 0 Å². The second-order valence-electron chi connectivity index (χ2n) is 4.54. The lowest BCUT2D eigenvalue weighted by Gasteiger charge is -2.10. The molecule has 0 amide bonds. The molecule has 2 heteroatoms. The van der Waals surface area contributed by atoms with Crippen LogP contribution in [0.1, 0.15) is 18.5 Å². The topological polar surface area (TPSA) is 21.3 Å². The highest BCUT2D eigenvalue weighted by Gasteiger charge is 2.23. The number of rotatable bonds is 3. The van der Waals surface area contributed by atoms with E-state index in [9.17, 15) is 0 Å². The van der Waals surface area contributed by atoms with E-state index < -0.39 is 0 Å². The monoisotopic (exact) mass is 239 g/mol. The Kier molecular flexibility index (Phi) is 3.03. The summed E-state index contributed by atoms with van der Waals surface area (Å²) in [4.78, 5) is 0. The largest absolute Gasteiger partial charge is 0.491 e. The van der Waals surface area contributed by atoms with Crippen LogP contribution < -0.4 is 10.1 Å². The van der Waals surface area contributed by atoms with Crippen molar-refractivity contribution in [3.8, 4) is 16.9 Å². The van der Waals surface area contributed by atoms with Gasteiger partial charge < -0.3 is 10.1 Å². The summed E-state index contributed by atoms with van der Waals surface area (Å²) in [6, 6.07) is 17.2.